The van der Waals surface area contributed by atoms with Crippen LogP contribution in [0.3, 0.4) is 0 Å². The van der Waals surface area contributed by atoms with Crippen LogP contribution in [0.5, 0.6) is 0 Å². The van der Waals surface area contributed by atoms with E-state index in [1.807, 2.05) is 12.1 Å². The summed E-state index contributed by atoms with van der Waals surface area (Å²) in [5, 5.41) is 13.4. The molecule has 0 atom stereocenters. The zero-order valence-corrected chi connectivity index (χ0v) is 11.9. The van der Waals surface area contributed by atoms with Crippen LogP contribution in [0.1, 0.15) is 25.0 Å². The molecule has 21 heavy (non-hydrogen) atoms. The molecule has 0 radical (unpaired) electrons. The molecule has 2 N–H and O–H groups in total. The van der Waals surface area contributed by atoms with Gasteiger partial charge in [0.05, 0.1) is 33.9 Å². The molecule has 0 saturated carbocycles. The summed E-state index contributed by atoms with van der Waals surface area (Å²) in [6.45, 7) is 4.12. The Kier molecular flexibility index (Phi) is 3.01. The maximum Gasteiger partial charge on any atom is 0.0992 e. The molecule has 0 fully saturated rings. The summed E-state index contributed by atoms with van der Waals surface area (Å²) >= 11 is 0. The highest BCUT2D eigenvalue weighted by Gasteiger charge is 2.13. The van der Waals surface area contributed by atoms with E-state index in [9.17, 15) is 0 Å². The van der Waals surface area contributed by atoms with Gasteiger partial charge in [-0.25, -0.2) is 0 Å². The number of anilines is 1. The predicted molar refractivity (Wildman–Crippen MR) is 85.0 cm³/mol. The molecule has 4 heteroatoms. The Bertz CT molecular complexity index is 920. The first-order chi connectivity index (χ1) is 10.1. The van der Waals surface area contributed by atoms with E-state index in [2.05, 4.69) is 41.1 Å². The SMILES string of the molecule is C#Cc1cnc2c([nH]c3cc(C#N)ccc32)c1NC(C)C. The highest BCUT2D eigenvalue weighted by molar-refractivity contribution is 6.10. The lowest BCUT2D eigenvalue weighted by Crippen LogP contribution is -2.11. The average molecular weight is 274 g/mol. The van der Waals surface area contributed by atoms with Crippen LogP contribution in [0.15, 0.2) is 24.4 Å². The van der Waals surface area contributed by atoms with Crippen molar-refractivity contribution in [2.75, 3.05) is 5.32 Å². The third-order valence-corrected chi connectivity index (χ3v) is 3.33. The van der Waals surface area contributed by atoms with Gasteiger partial charge in [0.2, 0.25) is 0 Å². The monoisotopic (exact) mass is 274 g/mol. The number of aromatic nitrogens is 2. The van der Waals surface area contributed by atoms with Crippen molar-refractivity contribution in [1.29, 1.82) is 5.26 Å². The molecule has 0 spiro atoms. The summed E-state index contributed by atoms with van der Waals surface area (Å²) in [6, 6.07) is 7.93. The normalized spacial score (nSPS) is 10.7. The number of hydrogen-bond donors (Lipinski definition) is 2. The molecule has 3 rings (SSSR count). The quantitative estimate of drug-likeness (QED) is 0.704. The maximum atomic E-state index is 9.01. The van der Waals surface area contributed by atoms with Crippen LogP contribution in [-0.2, 0) is 0 Å². The lowest BCUT2D eigenvalue weighted by atomic mass is 10.1. The number of pyridine rings is 1. The van der Waals surface area contributed by atoms with Crippen LogP contribution < -0.4 is 5.32 Å². The molecule has 2 heterocycles. The topological polar surface area (TPSA) is 64.5 Å². The van der Waals surface area contributed by atoms with E-state index in [0.717, 1.165) is 33.2 Å². The molecule has 0 aliphatic carbocycles. The Labute approximate surface area is 122 Å². The van der Waals surface area contributed by atoms with Crippen molar-refractivity contribution in [3.8, 4) is 18.4 Å². The number of fused-ring (bicyclic) bond motifs is 3. The largest absolute Gasteiger partial charge is 0.380 e. The third kappa shape index (κ3) is 2.07. The number of benzene rings is 1. The smallest absolute Gasteiger partial charge is 0.0992 e. The van der Waals surface area contributed by atoms with Crippen LogP contribution in [0.2, 0.25) is 0 Å². The van der Waals surface area contributed by atoms with Gasteiger partial charge in [-0.05, 0) is 32.0 Å². The number of H-pyrrole nitrogens is 1. The first-order valence-electron chi connectivity index (χ1n) is 6.71. The molecule has 2 aromatic heterocycles. The number of nitriles is 1. The zero-order valence-electron chi connectivity index (χ0n) is 11.9. The standard InChI is InChI=1S/C17H14N4/c1-4-12-9-19-16-13-6-5-11(8-18)7-14(13)21-17(16)15(12)20-10(2)3/h1,5-7,9-10,21H,2-3H3,(H,19,20). The fourth-order valence-corrected chi connectivity index (χ4v) is 2.44. The second-order valence-corrected chi connectivity index (χ2v) is 5.21. The van der Waals surface area contributed by atoms with Gasteiger partial charge in [0.25, 0.3) is 0 Å². The second-order valence-electron chi connectivity index (χ2n) is 5.21. The fourth-order valence-electron chi connectivity index (χ4n) is 2.44. The molecule has 1 aromatic carbocycles. The number of terminal acetylenes is 1. The summed E-state index contributed by atoms with van der Waals surface area (Å²) < 4.78 is 0. The Balaban J connectivity index is 2.37. The van der Waals surface area contributed by atoms with Crippen molar-refractivity contribution < 1.29 is 0 Å². The highest BCUT2D eigenvalue weighted by atomic mass is 14.9. The summed E-state index contributed by atoms with van der Waals surface area (Å²) in [4.78, 5) is 7.80. The van der Waals surface area contributed by atoms with Crippen molar-refractivity contribution in [2.45, 2.75) is 19.9 Å². The van der Waals surface area contributed by atoms with Gasteiger partial charge in [-0.15, -0.1) is 6.42 Å². The number of nitrogens with zero attached hydrogens (tertiary/aromatic N) is 2. The zero-order chi connectivity index (χ0) is 15.0. The van der Waals surface area contributed by atoms with Crippen LogP contribution in [0.25, 0.3) is 21.9 Å². The molecule has 0 bridgehead atoms. The highest BCUT2D eigenvalue weighted by Crippen LogP contribution is 2.31. The van der Waals surface area contributed by atoms with Crippen molar-refractivity contribution in [1.82, 2.24) is 9.97 Å². The first-order valence-corrected chi connectivity index (χ1v) is 6.71. The molecule has 3 aromatic rings. The van der Waals surface area contributed by atoms with Crippen molar-refractivity contribution in [2.24, 2.45) is 0 Å². The lowest BCUT2D eigenvalue weighted by molar-refractivity contribution is 0.900. The van der Waals surface area contributed by atoms with Gasteiger partial charge in [-0.2, -0.15) is 5.26 Å². The van der Waals surface area contributed by atoms with Gasteiger partial charge in [-0.1, -0.05) is 5.92 Å². The number of rotatable bonds is 2. The predicted octanol–water partition coefficient (Wildman–Crippen LogP) is 3.39. The minimum absolute atomic E-state index is 0.254. The van der Waals surface area contributed by atoms with Gasteiger partial charge in [0, 0.05) is 23.1 Å². The van der Waals surface area contributed by atoms with E-state index in [1.54, 1.807) is 12.3 Å². The van der Waals surface area contributed by atoms with Gasteiger partial charge in [0.1, 0.15) is 0 Å². The summed E-state index contributed by atoms with van der Waals surface area (Å²) in [7, 11) is 0. The molecular weight excluding hydrogens is 260 g/mol. The van der Waals surface area contributed by atoms with E-state index in [1.165, 1.54) is 0 Å². The maximum absolute atomic E-state index is 9.01. The van der Waals surface area contributed by atoms with E-state index in [-0.39, 0.29) is 6.04 Å². The summed E-state index contributed by atoms with van der Waals surface area (Å²) in [6.07, 6.45) is 7.28. The van der Waals surface area contributed by atoms with Crippen molar-refractivity contribution >= 4 is 27.6 Å². The van der Waals surface area contributed by atoms with Crippen LogP contribution in [0, 0.1) is 23.7 Å². The second kappa shape index (κ2) is 4.85. The van der Waals surface area contributed by atoms with E-state index in [0.29, 0.717) is 5.56 Å². The van der Waals surface area contributed by atoms with Gasteiger partial charge < -0.3 is 10.3 Å². The van der Waals surface area contributed by atoms with Gasteiger partial charge in [-0.3, -0.25) is 4.98 Å². The number of nitrogens with one attached hydrogen (secondary N) is 2. The minimum atomic E-state index is 0.254. The molecular formula is C17H14N4. The molecule has 0 aliphatic heterocycles. The Morgan fingerprint density at radius 2 is 2.19 bits per heavy atom. The lowest BCUT2D eigenvalue weighted by Gasteiger charge is -2.12. The van der Waals surface area contributed by atoms with Crippen LogP contribution in [0.4, 0.5) is 5.69 Å². The molecule has 0 aliphatic rings. The number of aromatic amines is 1. The van der Waals surface area contributed by atoms with Crippen molar-refractivity contribution in [3.05, 3.63) is 35.5 Å². The van der Waals surface area contributed by atoms with Crippen LogP contribution >= 0.6 is 0 Å². The van der Waals surface area contributed by atoms with E-state index in [4.69, 9.17) is 11.7 Å². The van der Waals surface area contributed by atoms with Gasteiger partial charge >= 0.3 is 0 Å². The third-order valence-electron chi connectivity index (χ3n) is 3.33. The van der Waals surface area contributed by atoms with E-state index >= 15 is 0 Å². The molecule has 0 unspecified atom stereocenters. The number of hydrogen-bond acceptors (Lipinski definition) is 3. The molecule has 0 saturated heterocycles. The van der Waals surface area contributed by atoms with Gasteiger partial charge in [0.15, 0.2) is 0 Å². The summed E-state index contributed by atoms with van der Waals surface area (Å²) in [5.74, 6) is 2.66. The Morgan fingerprint density at radius 3 is 2.86 bits per heavy atom. The minimum Gasteiger partial charge on any atom is -0.380 e. The Hall–Kier alpha value is -2.98. The van der Waals surface area contributed by atoms with E-state index < -0.39 is 0 Å². The van der Waals surface area contributed by atoms with Crippen LogP contribution in [-0.4, -0.2) is 16.0 Å². The first kappa shape index (κ1) is 13.0. The molecule has 102 valence electrons. The fraction of sp³-hybridized carbons (Fsp3) is 0.176. The van der Waals surface area contributed by atoms with Crippen molar-refractivity contribution in [3.63, 3.8) is 0 Å². The Morgan fingerprint density at radius 1 is 1.38 bits per heavy atom. The summed E-state index contributed by atoms with van der Waals surface area (Å²) in [5.41, 5.74) is 4.85. The molecule has 4 nitrogen and oxygen atoms in total. The molecule has 0 amide bonds. The average Bonchev–Trinajstić information content (AvgIpc) is 2.85.